The lowest BCUT2D eigenvalue weighted by Crippen LogP contribution is -2.11. The van der Waals surface area contributed by atoms with Crippen molar-refractivity contribution in [1.29, 1.82) is 0 Å². The third-order valence-corrected chi connectivity index (χ3v) is 2.57. The molecule has 0 saturated carbocycles. The van der Waals surface area contributed by atoms with Crippen LogP contribution in [0, 0.1) is 11.6 Å². The van der Waals surface area contributed by atoms with Gasteiger partial charge in [-0.15, -0.1) is 0 Å². The second-order valence-electron chi connectivity index (χ2n) is 3.25. The predicted octanol–water partition coefficient (Wildman–Crippen LogP) is 2.69. The van der Waals surface area contributed by atoms with E-state index in [4.69, 9.17) is 22.1 Å². The van der Waals surface area contributed by atoms with E-state index in [1.807, 2.05) is 0 Å². The zero-order chi connectivity index (χ0) is 11.6. The van der Waals surface area contributed by atoms with Crippen molar-refractivity contribution in [3.8, 4) is 5.75 Å². The van der Waals surface area contributed by atoms with Gasteiger partial charge < -0.3 is 10.5 Å². The van der Waals surface area contributed by atoms with Gasteiger partial charge in [0.25, 0.3) is 0 Å². The van der Waals surface area contributed by atoms with Gasteiger partial charge in [-0.1, -0.05) is 18.5 Å². The standard InChI is InChI=1S/C10H12ClF2NO/c1-5(4-14)6-3-7(12)9(13)8(11)10(6)15-2/h3,5H,4,14H2,1-2H3. The summed E-state index contributed by atoms with van der Waals surface area (Å²) in [5, 5.41) is -0.340. The smallest absolute Gasteiger partial charge is 0.181 e. The first kappa shape index (κ1) is 12.2. The predicted molar refractivity (Wildman–Crippen MR) is 55.4 cm³/mol. The van der Waals surface area contributed by atoms with Gasteiger partial charge in [-0.2, -0.15) is 0 Å². The van der Waals surface area contributed by atoms with Crippen LogP contribution in [0.4, 0.5) is 8.78 Å². The summed E-state index contributed by atoms with van der Waals surface area (Å²) >= 11 is 5.62. The van der Waals surface area contributed by atoms with Crippen molar-refractivity contribution in [3.05, 3.63) is 28.3 Å². The minimum absolute atomic E-state index is 0.146. The molecule has 0 aromatic heterocycles. The molecular formula is C10H12ClF2NO. The van der Waals surface area contributed by atoms with E-state index < -0.39 is 11.6 Å². The molecule has 2 N–H and O–H groups in total. The lowest BCUT2D eigenvalue weighted by molar-refractivity contribution is 0.398. The van der Waals surface area contributed by atoms with Crippen molar-refractivity contribution in [3.63, 3.8) is 0 Å². The molecule has 0 aliphatic heterocycles. The number of hydrogen-bond donors (Lipinski definition) is 1. The Bertz CT molecular complexity index is 371. The van der Waals surface area contributed by atoms with Gasteiger partial charge in [0, 0.05) is 5.56 Å². The Balaban J connectivity index is 3.38. The summed E-state index contributed by atoms with van der Waals surface area (Å²) in [5.41, 5.74) is 5.93. The molecule has 1 unspecified atom stereocenters. The highest BCUT2D eigenvalue weighted by atomic mass is 35.5. The van der Waals surface area contributed by atoms with Crippen molar-refractivity contribution < 1.29 is 13.5 Å². The lowest BCUT2D eigenvalue weighted by atomic mass is 10.00. The average molecular weight is 236 g/mol. The molecule has 2 nitrogen and oxygen atoms in total. The fourth-order valence-corrected chi connectivity index (χ4v) is 1.57. The summed E-state index contributed by atoms with van der Waals surface area (Å²) in [6.45, 7) is 2.09. The van der Waals surface area contributed by atoms with Gasteiger partial charge in [-0.25, -0.2) is 8.78 Å². The van der Waals surface area contributed by atoms with Crippen LogP contribution in [0.5, 0.6) is 5.75 Å². The van der Waals surface area contributed by atoms with Crippen LogP contribution in [0.25, 0.3) is 0 Å². The Labute approximate surface area is 92.0 Å². The Morgan fingerprint density at radius 1 is 1.53 bits per heavy atom. The molecule has 84 valence electrons. The first-order valence-corrected chi connectivity index (χ1v) is 4.82. The molecule has 0 bridgehead atoms. The number of methoxy groups -OCH3 is 1. The van der Waals surface area contributed by atoms with Crippen LogP contribution >= 0.6 is 11.6 Å². The minimum atomic E-state index is -1.10. The highest BCUT2D eigenvalue weighted by molar-refractivity contribution is 6.32. The Kier molecular flexibility index (Phi) is 3.88. The van der Waals surface area contributed by atoms with Crippen molar-refractivity contribution in [2.24, 2.45) is 5.73 Å². The molecule has 0 heterocycles. The van der Waals surface area contributed by atoms with Gasteiger partial charge in [0.15, 0.2) is 11.6 Å². The molecule has 1 aromatic carbocycles. The first-order valence-electron chi connectivity index (χ1n) is 4.44. The highest BCUT2D eigenvalue weighted by Gasteiger charge is 2.20. The van der Waals surface area contributed by atoms with Gasteiger partial charge in [-0.3, -0.25) is 0 Å². The van der Waals surface area contributed by atoms with Gasteiger partial charge in [0.2, 0.25) is 0 Å². The van der Waals surface area contributed by atoms with E-state index in [9.17, 15) is 8.78 Å². The minimum Gasteiger partial charge on any atom is -0.495 e. The van der Waals surface area contributed by atoms with Crippen LogP contribution in [0.2, 0.25) is 5.02 Å². The third-order valence-electron chi connectivity index (χ3n) is 2.23. The van der Waals surface area contributed by atoms with Crippen LogP contribution in [0.1, 0.15) is 18.4 Å². The molecule has 5 heteroatoms. The van der Waals surface area contributed by atoms with E-state index in [-0.39, 0.29) is 16.7 Å². The number of halogens is 3. The second kappa shape index (κ2) is 4.77. The van der Waals surface area contributed by atoms with E-state index >= 15 is 0 Å². The fourth-order valence-electron chi connectivity index (χ4n) is 1.30. The van der Waals surface area contributed by atoms with Gasteiger partial charge >= 0.3 is 0 Å². The number of benzene rings is 1. The first-order chi connectivity index (χ1) is 7.02. The molecule has 0 fully saturated rings. The zero-order valence-corrected chi connectivity index (χ0v) is 9.24. The van der Waals surface area contributed by atoms with Crippen LogP contribution in [0.15, 0.2) is 6.07 Å². The van der Waals surface area contributed by atoms with Gasteiger partial charge in [-0.05, 0) is 18.5 Å². The van der Waals surface area contributed by atoms with Crippen LogP contribution in [0.3, 0.4) is 0 Å². The maximum atomic E-state index is 13.1. The topological polar surface area (TPSA) is 35.2 Å². The monoisotopic (exact) mass is 235 g/mol. The fraction of sp³-hybridized carbons (Fsp3) is 0.400. The van der Waals surface area contributed by atoms with E-state index in [2.05, 4.69) is 0 Å². The summed E-state index contributed by atoms with van der Waals surface area (Å²) in [6, 6.07) is 1.07. The van der Waals surface area contributed by atoms with E-state index in [1.54, 1.807) is 6.92 Å². The van der Waals surface area contributed by atoms with Crippen molar-refractivity contribution >= 4 is 11.6 Å². The van der Waals surface area contributed by atoms with Crippen LogP contribution in [-0.4, -0.2) is 13.7 Å². The van der Waals surface area contributed by atoms with E-state index in [0.717, 1.165) is 6.07 Å². The normalized spacial score (nSPS) is 12.7. The molecule has 0 aliphatic rings. The number of rotatable bonds is 3. The molecule has 1 aromatic rings. The Morgan fingerprint density at radius 3 is 2.60 bits per heavy atom. The third kappa shape index (κ3) is 2.21. The largest absolute Gasteiger partial charge is 0.495 e. The molecule has 15 heavy (non-hydrogen) atoms. The second-order valence-corrected chi connectivity index (χ2v) is 3.62. The molecule has 1 atom stereocenters. The van der Waals surface area contributed by atoms with E-state index in [1.165, 1.54) is 7.11 Å². The molecule has 0 amide bonds. The van der Waals surface area contributed by atoms with E-state index in [0.29, 0.717) is 12.1 Å². The van der Waals surface area contributed by atoms with Crippen LogP contribution in [-0.2, 0) is 0 Å². The lowest BCUT2D eigenvalue weighted by Gasteiger charge is -2.15. The number of nitrogens with two attached hydrogens (primary N) is 1. The van der Waals surface area contributed by atoms with Gasteiger partial charge in [0.05, 0.1) is 7.11 Å². The molecule has 0 aliphatic carbocycles. The summed E-state index contributed by atoms with van der Waals surface area (Å²) < 4.78 is 31.1. The van der Waals surface area contributed by atoms with Crippen molar-refractivity contribution in [2.45, 2.75) is 12.8 Å². The molecule has 0 radical (unpaired) electrons. The summed E-state index contributed by atoms with van der Waals surface area (Å²) in [7, 11) is 1.35. The number of hydrogen-bond acceptors (Lipinski definition) is 2. The molecule has 0 spiro atoms. The highest BCUT2D eigenvalue weighted by Crippen LogP contribution is 2.36. The summed E-state index contributed by atoms with van der Waals surface area (Å²) in [5.74, 6) is -2.08. The zero-order valence-electron chi connectivity index (χ0n) is 8.48. The summed E-state index contributed by atoms with van der Waals surface area (Å²) in [6.07, 6.45) is 0. The molecule has 1 rings (SSSR count). The van der Waals surface area contributed by atoms with Crippen LogP contribution < -0.4 is 10.5 Å². The molecule has 0 saturated heterocycles. The maximum absolute atomic E-state index is 13.1. The van der Waals surface area contributed by atoms with Crippen molar-refractivity contribution in [2.75, 3.05) is 13.7 Å². The van der Waals surface area contributed by atoms with Gasteiger partial charge in [0.1, 0.15) is 10.8 Å². The van der Waals surface area contributed by atoms with Crippen molar-refractivity contribution in [1.82, 2.24) is 0 Å². The maximum Gasteiger partial charge on any atom is 0.181 e. The molecular weight excluding hydrogens is 224 g/mol. The average Bonchev–Trinajstić information content (AvgIpc) is 2.24. The number of ether oxygens (including phenoxy) is 1. The summed E-state index contributed by atoms with van der Waals surface area (Å²) in [4.78, 5) is 0. The Morgan fingerprint density at radius 2 is 2.13 bits per heavy atom. The Hall–Kier alpha value is -0.870. The quantitative estimate of drug-likeness (QED) is 0.818. The SMILES string of the molecule is COc1c(C(C)CN)cc(F)c(F)c1Cl.